The minimum atomic E-state index is -2.74. The molecule has 2 atom stereocenters. The van der Waals surface area contributed by atoms with Gasteiger partial charge in [0.05, 0.1) is 23.8 Å². The molecule has 9 heteroatoms. The number of nitrogens with one attached hydrogen (secondary N) is 1. The van der Waals surface area contributed by atoms with Crippen LogP contribution < -0.4 is 5.32 Å². The van der Waals surface area contributed by atoms with Gasteiger partial charge in [0.25, 0.3) is 5.91 Å². The van der Waals surface area contributed by atoms with Crippen LogP contribution in [0.1, 0.15) is 42.1 Å². The Morgan fingerprint density at radius 1 is 1.41 bits per heavy atom. The minimum Gasteiger partial charge on any atom is -0.388 e. The largest absolute Gasteiger partial charge is 0.388 e. The maximum Gasteiger partial charge on any atom is 0.253 e. The van der Waals surface area contributed by atoms with E-state index in [-0.39, 0.29) is 44.2 Å². The van der Waals surface area contributed by atoms with Crippen LogP contribution in [0.5, 0.6) is 0 Å². The summed E-state index contributed by atoms with van der Waals surface area (Å²) in [4.78, 5) is 17.1. The molecule has 6 nitrogen and oxygen atoms in total. The second-order valence-corrected chi connectivity index (χ2v) is 7.77. The van der Waals surface area contributed by atoms with Gasteiger partial charge in [-0.1, -0.05) is 11.6 Å². The highest BCUT2D eigenvalue weighted by molar-refractivity contribution is 6.20. The van der Waals surface area contributed by atoms with Gasteiger partial charge in [-0.15, -0.1) is 0 Å². The first kappa shape index (κ1) is 18.6. The van der Waals surface area contributed by atoms with Crippen molar-refractivity contribution in [2.45, 2.75) is 48.8 Å². The third kappa shape index (κ3) is 3.53. The van der Waals surface area contributed by atoms with Crippen LogP contribution in [0.2, 0.25) is 0 Å². The van der Waals surface area contributed by atoms with Crippen molar-refractivity contribution in [3.8, 4) is 0 Å². The number of rotatable bonds is 4. The molecule has 2 aliphatic rings. The Kier molecular flexibility index (Phi) is 4.60. The molecule has 2 aromatic heterocycles. The number of carbonyl (C=O) groups excluding carboxylic acids is 1. The Bertz CT molecular complexity index is 863. The molecule has 1 saturated carbocycles. The molecule has 0 radical (unpaired) electrons. The van der Waals surface area contributed by atoms with E-state index < -0.39 is 17.1 Å². The second-order valence-electron chi connectivity index (χ2n) is 7.34. The fourth-order valence-electron chi connectivity index (χ4n) is 3.58. The van der Waals surface area contributed by atoms with Crippen molar-refractivity contribution in [2.24, 2.45) is 0 Å². The molecule has 0 aromatic carbocycles. The second kappa shape index (κ2) is 6.68. The van der Waals surface area contributed by atoms with Gasteiger partial charge in [-0.2, -0.15) is 0 Å². The molecular formula is C18H20ClF2N3O3. The van der Waals surface area contributed by atoms with Crippen LogP contribution >= 0.6 is 11.6 Å². The highest BCUT2D eigenvalue weighted by atomic mass is 35.5. The molecule has 3 heterocycles. The van der Waals surface area contributed by atoms with Gasteiger partial charge in [-0.05, 0) is 25.0 Å². The van der Waals surface area contributed by atoms with Crippen LogP contribution in [-0.2, 0) is 4.74 Å². The molecule has 0 spiro atoms. The summed E-state index contributed by atoms with van der Waals surface area (Å²) in [6.07, 6.45) is 2.47. The van der Waals surface area contributed by atoms with Gasteiger partial charge in [0.2, 0.25) is 5.92 Å². The molecule has 2 unspecified atom stereocenters. The Balaban J connectivity index is 1.52. The summed E-state index contributed by atoms with van der Waals surface area (Å²) < 4.78 is 33.6. The first-order chi connectivity index (χ1) is 12.8. The van der Waals surface area contributed by atoms with Crippen molar-refractivity contribution < 1.29 is 23.4 Å². The number of fused-ring (bicyclic) bond motifs is 1. The normalized spacial score (nSPS) is 26.5. The predicted octanol–water partition coefficient (Wildman–Crippen LogP) is 2.84. The lowest BCUT2D eigenvalue weighted by Crippen LogP contribution is -2.47. The SMILES string of the molecule is O=C(NCC1(O)CCC(F)(F)CC1)c1cn(C2COC2Cl)c2ncccc12. The van der Waals surface area contributed by atoms with Crippen LogP contribution in [0.25, 0.3) is 11.0 Å². The van der Waals surface area contributed by atoms with E-state index >= 15 is 0 Å². The number of amides is 1. The van der Waals surface area contributed by atoms with Crippen molar-refractivity contribution in [1.29, 1.82) is 0 Å². The molecule has 0 bridgehead atoms. The predicted molar refractivity (Wildman–Crippen MR) is 95.1 cm³/mol. The first-order valence-electron chi connectivity index (χ1n) is 8.88. The fourth-order valence-corrected chi connectivity index (χ4v) is 3.84. The number of aromatic nitrogens is 2. The zero-order valence-corrected chi connectivity index (χ0v) is 15.3. The lowest BCUT2D eigenvalue weighted by molar-refractivity contribution is -0.101. The van der Waals surface area contributed by atoms with Crippen LogP contribution in [-0.4, -0.2) is 50.8 Å². The number of ether oxygens (including phenoxy) is 1. The lowest BCUT2D eigenvalue weighted by atomic mass is 9.82. The number of hydrogen-bond donors (Lipinski definition) is 2. The molecule has 146 valence electrons. The molecule has 2 N–H and O–H groups in total. The summed E-state index contributed by atoms with van der Waals surface area (Å²) in [6, 6.07) is 3.40. The topological polar surface area (TPSA) is 76.4 Å². The number of carbonyl (C=O) groups is 1. The summed E-state index contributed by atoms with van der Waals surface area (Å²) in [5.74, 6) is -3.12. The fraction of sp³-hybridized carbons (Fsp3) is 0.556. The van der Waals surface area contributed by atoms with Crippen molar-refractivity contribution in [3.05, 3.63) is 30.1 Å². The van der Waals surface area contributed by atoms with Gasteiger partial charge in [-0.3, -0.25) is 4.79 Å². The van der Waals surface area contributed by atoms with E-state index in [0.717, 1.165) is 0 Å². The lowest BCUT2D eigenvalue weighted by Gasteiger charge is -2.35. The molecule has 27 heavy (non-hydrogen) atoms. The zero-order chi connectivity index (χ0) is 19.2. The third-order valence-electron chi connectivity index (χ3n) is 5.41. The summed E-state index contributed by atoms with van der Waals surface area (Å²) in [5.41, 5.74) is -0.767. The summed E-state index contributed by atoms with van der Waals surface area (Å²) in [5, 5.41) is 13.8. The summed E-state index contributed by atoms with van der Waals surface area (Å²) >= 11 is 6.08. The van der Waals surface area contributed by atoms with Crippen LogP contribution in [0.3, 0.4) is 0 Å². The Morgan fingerprint density at radius 3 is 2.78 bits per heavy atom. The quantitative estimate of drug-likeness (QED) is 0.775. The van der Waals surface area contributed by atoms with Crippen molar-refractivity contribution >= 4 is 28.5 Å². The number of pyridine rings is 1. The van der Waals surface area contributed by atoms with E-state index in [4.69, 9.17) is 16.3 Å². The number of aliphatic hydroxyl groups is 1. The molecule has 2 aromatic rings. The van der Waals surface area contributed by atoms with Crippen LogP contribution in [0.4, 0.5) is 8.78 Å². The van der Waals surface area contributed by atoms with Gasteiger partial charge < -0.3 is 19.7 Å². The molecule has 1 aliphatic heterocycles. The standard InChI is InChI=1S/C18H20ClF2N3O3/c19-14-13(9-27-14)24-8-12(11-2-1-7-22-15(11)24)16(25)23-10-17(26)3-5-18(20,21)6-4-17/h1-2,7-8,13-14,26H,3-6,9-10H2,(H,23,25). The number of alkyl halides is 3. The first-order valence-corrected chi connectivity index (χ1v) is 9.31. The van der Waals surface area contributed by atoms with E-state index in [2.05, 4.69) is 10.3 Å². The van der Waals surface area contributed by atoms with Crippen LogP contribution in [0, 0.1) is 0 Å². The number of nitrogens with zero attached hydrogens (tertiary/aromatic N) is 2. The zero-order valence-electron chi connectivity index (χ0n) is 14.5. The van der Waals surface area contributed by atoms with E-state index in [1.54, 1.807) is 24.5 Å². The Labute approximate surface area is 159 Å². The third-order valence-corrected chi connectivity index (χ3v) is 5.83. The van der Waals surface area contributed by atoms with Crippen molar-refractivity contribution in [1.82, 2.24) is 14.9 Å². The van der Waals surface area contributed by atoms with Gasteiger partial charge in [0.1, 0.15) is 5.65 Å². The average Bonchev–Trinajstić information content (AvgIpc) is 3.01. The molecule has 2 fully saturated rings. The molecule has 1 amide bonds. The summed E-state index contributed by atoms with van der Waals surface area (Å²) in [7, 11) is 0. The van der Waals surface area contributed by atoms with E-state index in [1.807, 2.05) is 4.57 Å². The summed E-state index contributed by atoms with van der Waals surface area (Å²) in [6.45, 7) is 0.364. The van der Waals surface area contributed by atoms with Gasteiger partial charge in [0.15, 0.2) is 5.56 Å². The molecular weight excluding hydrogens is 380 g/mol. The van der Waals surface area contributed by atoms with E-state index in [9.17, 15) is 18.7 Å². The Hall–Kier alpha value is -1.77. The molecule has 1 aliphatic carbocycles. The number of halogens is 3. The Morgan fingerprint density at radius 2 is 2.15 bits per heavy atom. The van der Waals surface area contributed by atoms with E-state index in [1.165, 1.54) is 0 Å². The monoisotopic (exact) mass is 399 g/mol. The minimum absolute atomic E-state index is 0.0447. The molecule has 4 rings (SSSR count). The van der Waals surface area contributed by atoms with Gasteiger partial charge in [0, 0.05) is 37.2 Å². The molecule has 1 saturated heterocycles. The van der Waals surface area contributed by atoms with Gasteiger partial charge in [-0.25, -0.2) is 13.8 Å². The average molecular weight is 400 g/mol. The maximum absolute atomic E-state index is 13.3. The maximum atomic E-state index is 13.3. The highest BCUT2D eigenvalue weighted by Crippen LogP contribution is 2.38. The van der Waals surface area contributed by atoms with Crippen LogP contribution in [0.15, 0.2) is 24.5 Å². The highest BCUT2D eigenvalue weighted by Gasteiger charge is 2.42. The smallest absolute Gasteiger partial charge is 0.253 e. The van der Waals surface area contributed by atoms with E-state index in [0.29, 0.717) is 23.2 Å². The number of hydrogen-bond acceptors (Lipinski definition) is 4. The van der Waals surface area contributed by atoms with Gasteiger partial charge >= 0.3 is 0 Å². The van der Waals surface area contributed by atoms with Crippen molar-refractivity contribution in [3.63, 3.8) is 0 Å². The van der Waals surface area contributed by atoms with Crippen molar-refractivity contribution in [2.75, 3.05) is 13.2 Å².